The number of likely N-dealkylation sites (N-methyl/N-ethyl adjacent to an activating group) is 1. The molecule has 23 heavy (non-hydrogen) atoms. The molecule has 5 nitrogen and oxygen atoms in total. The summed E-state index contributed by atoms with van der Waals surface area (Å²) < 4.78 is 5.08. The summed E-state index contributed by atoms with van der Waals surface area (Å²) in [5.74, 6) is 0.915. The van der Waals surface area contributed by atoms with Crippen molar-refractivity contribution < 1.29 is 4.74 Å². The molecule has 0 aliphatic carbocycles. The molecule has 1 heterocycles. The first kappa shape index (κ1) is 22.6. The number of methoxy groups -OCH3 is 1. The lowest BCUT2D eigenvalue weighted by Crippen LogP contribution is -2.38. The molecule has 0 aliphatic heterocycles. The molecule has 0 amide bonds. The van der Waals surface area contributed by atoms with Crippen LogP contribution in [0.3, 0.4) is 0 Å². The maximum absolute atomic E-state index is 5.08. The van der Waals surface area contributed by atoms with Crippen molar-refractivity contribution >= 4 is 41.3 Å². The Hall–Kier alpha value is -0.380. The average Bonchev–Trinajstić information content (AvgIpc) is 3.02. The number of nitrogens with one attached hydrogen (secondary N) is 2. The Morgan fingerprint density at radius 2 is 2.17 bits per heavy atom. The van der Waals surface area contributed by atoms with Crippen molar-refractivity contribution in [1.82, 2.24) is 15.5 Å². The fourth-order valence-electron chi connectivity index (χ4n) is 1.99. The van der Waals surface area contributed by atoms with E-state index >= 15 is 0 Å². The minimum Gasteiger partial charge on any atom is -0.383 e. The van der Waals surface area contributed by atoms with Crippen LogP contribution in [0.25, 0.3) is 0 Å². The molecular formula is C16H31IN4OS. The predicted octanol–water partition coefficient (Wildman–Crippen LogP) is 2.43. The molecular weight excluding hydrogens is 423 g/mol. The molecule has 0 unspecified atom stereocenters. The molecule has 1 aromatic heterocycles. The highest BCUT2D eigenvalue weighted by atomic mass is 127. The van der Waals surface area contributed by atoms with E-state index in [1.54, 1.807) is 18.4 Å². The molecule has 1 rings (SSSR count). The summed E-state index contributed by atoms with van der Waals surface area (Å²) in [6, 6.07) is 4.27. The zero-order valence-corrected chi connectivity index (χ0v) is 17.7. The Kier molecular flexibility index (Phi) is 14.9. The minimum absolute atomic E-state index is 0. The van der Waals surface area contributed by atoms with Gasteiger partial charge in [0.05, 0.1) is 6.61 Å². The number of halogens is 1. The second kappa shape index (κ2) is 15.2. The molecule has 0 aliphatic rings. The first-order chi connectivity index (χ1) is 10.8. The smallest absolute Gasteiger partial charge is 0.191 e. The Bertz CT molecular complexity index is 401. The lowest BCUT2D eigenvalue weighted by atomic mass is 10.3. The largest absolute Gasteiger partial charge is 0.383 e. The molecule has 0 radical (unpaired) electrons. The Morgan fingerprint density at radius 1 is 1.35 bits per heavy atom. The van der Waals surface area contributed by atoms with Crippen molar-refractivity contribution in [2.45, 2.75) is 19.8 Å². The topological polar surface area (TPSA) is 48.9 Å². The van der Waals surface area contributed by atoms with Gasteiger partial charge < -0.3 is 20.3 Å². The van der Waals surface area contributed by atoms with Crippen molar-refractivity contribution in [3.63, 3.8) is 0 Å². The SMILES string of the molecule is CCNC(=NCCCN(C)CCOC)NCCc1cccs1.I. The average molecular weight is 454 g/mol. The molecule has 1 aromatic rings. The molecule has 0 saturated carbocycles. The van der Waals surface area contributed by atoms with E-state index in [0.717, 1.165) is 58.1 Å². The third-order valence-electron chi connectivity index (χ3n) is 3.23. The first-order valence-corrected chi connectivity index (χ1v) is 8.86. The molecule has 0 aromatic carbocycles. The third-order valence-corrected chi connectivity index (χ3v) is 4.17. The van der Waals surface area contributed by atoms with E-state index in [9.17, 15) is 0 Å². The van der Waals surface area contributed by atoms with Gasteiger partial charge in [-0.05, 0) is 44.8 Å². The zero-order valence-electron chi connectivity index (χ0n) is 14.5. The minimum atomic E-state index is 0. The van der Waals surface area contributed by atoms with Gasteiger partial charge in [0.15, 0.2) is 5.96 Å². The number of hydrogen-bond acceptors (Lipinski definition) is 4. The van der Waals surface area contributed by atoms with Gasteiger partial charge in [-0.3, -0.25) is 4.99 Å². The number of aliphatic imine (C=N–C) groups is 1. The van der Waals surface area contributed by atoms with Crippen LogP contribution in [-0.4, -0.2) is 64.3 Å². The number of ether oxygens (including phenoxy) is 1. The van der Waals surface area contributed by atoms with Crippen molar-refractivity contribution in [2.24, 2.45) is 4.99 Å². The summed E-state index contributed by atoms with van der Waals surface area (Å²) in [6.07, 6.45) is 2.10. The van der Waals surface area contributed by atoms with Crippen LogP contribution in [0.1, 0.15) is 18.2 Å². The fourth-order valence-corrected chi connectivity index (χ4v) is 2.70. The quantitative estimate of drug-likeness (QED) is 0.234. The molecule has 2 N–H and O–H groups in total. The second-order valence-corrected chi connectivity index (χ2v) is 6.20. The van der Waals surface area contributed by atoms with E-state index in [0.29, 0.717) is 0 Å². The summed E-state index contributed by atoms with van der Waals surface area (Å²) >= 11 is 1.80. The van der Waals surface area contributed by atoms with Gasteiger partial charge in [-0.15, -0.1) is 35.3 Å². The molecule has 7 heteroatoms. The fraction of sp³-hybridized carbons (Fsp3) is 0.688. The van der Waals surface area contributed by atoms with Crippen LogP contribution in [0.4, 0.5) is 0 Å². The number of rotatable bonds is 11. The summed E-state index contributed by atoms with van der Waals surface area (Å²) in [5.41, 5.74) is 0. The van der Waals surface area contributed by atoms with Crippen LogP contribution >= 0.6 is 35.3 Å². The summed E-state index contributed by atoms with van der Waals surface area (Å²) in [4.78, 5) is 8.30. The van der Waals surface area contributed by atoms with Crippen LogP contribution in [0.2, 0.25) is 0 Å². The number of thiophene rings is 1. The summed E-state index contributed by atoms with van der Waals surface area (Å²) in [7, 11) is 3.86. The highest BCUT2D eigenvalue weighted by Gasteiger charge is 2.00. The van der Waals surface area contributed by atoms with Gasteiger partial charge in [0.25, 0.3) is 0 Å². The van der Waals surface area contributed by atoms with E-state index in [-0.39, 0.29) is 24.0 Å². The maximum Gasteiger partial charge on any atom is 0.191 e. The normalized spacial score (nSPS) is 11.4. The zero-order chi connectivity index (χ0) is 16.0. The van der Waals surface area contributed by atoms with Crippen molar-refractivity contribution in [3.05, 3.63) is 22.4 Å². The van der Waals surface area contributed by atoms with E-state index in [4.69, 9.17) is 4.74 Å². The van der Waals surface area contributed by atoms with Gasteiger partial charge in [-0.1, -0.05) is 6.07 Å². The van der Waals surface area contributed by atoms with Crippen molar-refractivity contribution in [1.29, 1.82) is 0 Å². The van der Waals surface area contributed by atoms with Gasteiger partial charge in [-0.2, -0.15) is 0 Å². The highest BCUT2D eigenvalue weighted by molar-refractivity contribution is 14.0. The van der Waals surface area contributed by atoms with E-state index in [2.05, 4.69) is 52.0 Å². The van der Waals surface area contributed by atoms with Crippen LogP contribution in [0.15, 0.2) is 22.5 Å². The molecule has 134 valence electrons. The molecule has 0 saturated heterocycles. The van der Waals surface area contributed by atoms with Crippen LogP contribution in [0.5, 0.6) is 0 Å². The first-order valence-electron chi connectivity index (χ1n) is 7.98. The van der Waals surface area contributed by atoms with E-state index < -0.39 is 0 Å². The predicted molar refractivity (Wildman–Crippen MR) is 111 cm³/mol. The van der Waals surface area contributed by atoms with Gasteiger partial charge >= 0.3 is 0 Å². The lowest BCUT2D eigenvalue weighted by molar-refractivity contribution is 0.161. The number of nitrogens with zero attached hydrogens (tertiary/aromatic N) is 2. The Morgan fingerprint density at radius 3 is 2.83 bits per heavy atom. The van der Waals surface area contributed by atoms with Gasteiger partial charge in [0.1, 0.15) is 0 Å². The monoisotopic (exact) mass is 454 g/mol. The standard InChI is InChI=1S/C16H30N4OS.HI/c1-4-17-16(19-10-8-15-7-5-14-22-15)18-9-6-11-20(2)12-13-21-3;/h5,7,14H,4,6,8-13H2,1-3H3,(H2,17,18,19);1H. The highest BCUT2D eigenvalue weighted by Crippen LogP contribution is 2.07. The van der Waals surface area contributed by atoms with Gasteiger partial charge in [-0.25, -0.2) is 0 Å². The van der Waals surface area contributed by atoms with Crippen molar-refractivity contribution in [2.75, 3.05) is 53.5 Å². The maximum atomic E-state index is 5.08. The van der Waals surface area contributed by atoms with E-state index in [1.165, 1.54) is 4.88 Å². The van der Waals surface area contributed by atoms with Gasteiger partial charge in [0, 0.05) is 38.2 Å². The third kappa shape index (κ3) is 11.7. The number of hydrogen-bond donors (Lipinski definition) is 2. The second-order valence-electron chi connectivity index (χ2n) is 5.17. The Labute approximate surface area is 161 Å². The summed E-state index contributed by atoms with van der Waals surface area (Å²) in [5, 5.41) is 8.81. The lowest BCUT2D eigenvalue weighted by Gasteiger charge is -2.15. The van der Waals surface area contributed by atoms with E-state index in [1.807, 2.05) is 0 Å². The molecule has 0 spiro atoms. The Balaban J connectivity index is 0.00000484. The molecule has 0 fully saturated rings. The van der Waals surface area contributed by atoms with Gasteiger partial charge in [0.2, 0.25) is 0 Å². The molecule has 0 bridgehead atoms. The van der Waals surface area contributed by atoms with Crippen LogP contribution < -0.4 is 10.6 Å². The summed E-state index contributed by atoms with van der Waals surface area (Å²) in [6.45, 7) is 7.53. The molecule has 0 atom stereocenters. The number of guanidine groups is 1. The van der Waals surface area contributed by atoms with Crippen LogP contribution in [-0.2, 0) is 11.2 Å². The van der Waals surface area contributed by atoms with Crippen molar-refractivity contribution in [3.8, 4) is 0 Å². The van der Waals surface area contributed by atoms with Crippen LogP contribution in [0, 0.1) is 0 Å².